The fourth-order valence-electron chi connectivity index (χ4n) is 1.82. The van der Waals surface area contributed by atoms with Crippen LogP contribution in [0.25, 0.3) is 0 Å². The zero-order chi connectivity index (χ0) is 14.5. The Labute approximate surface area is 115 Å². The summed E-state index contributed by atoms with van der Waals surface area (Å²) in [6.45, 7) is 8.32. The molecule has 19 heavy (non-hydrogen) atoms. The van der Waals surface area contributed by atoms with Crippen LogP contribution < -0.4 is 5.32 Å². The molecule has 1 amide bonds. The summed E-state index contributed by atoms with van der Waals surface area (Å²) in [5, 5.41) is 2.76. The van der Waals surface area contributed by atoms with E-state index in [0.29, 0.717) is 13.0 Å². The van der Waals surface area contributed by atoms with E-state index in [0.717, 1.165) is 17.5 Å². The second kappa shape index (κ2) is 6.50. The molecule has 104 valence electrons. The number of carbonyl (C=O) groups excluding carboxylic acids is 2. The molecule has 0 aliphatic rings. The lowest BCUT2D eigenvalue weighted by atomic mass is 9.88. The van der Waals surface area contributed by atoms with Gasteiger partial charge in [0.25, 0.3) is 0 Å². The van der Waals surface area contributed by atoms with E-state index < -0.39 is 0 Å². The lowest BCUT2D eigenvalue weighted by molar-refractivity contribution is -0.118. The molecule has 0 aromatic heterocycles. The molecule has 1 aromatic rings. The highest BCUT2D eigenvalue weighted by Gasteiger charge is 2.17. The summed E-state index contributed by atoms with van der Waals surface area (Å²) in [4.78, 5) is 22.8. The Balaban J connectivity index is 2.56. The van der Waals surface area contributed by atoms with Crippen LogP contribution in [-0.2, 0) is 11.2 Å². The number of Topliss-reactive ketones (excluding diaryl/α,β-unsaturated/α-hetero) is 1. The third kappa shape index (κ3) is 6.18. The van der Waals surface area contributed by atoms with E-state index in [4.69, 9.17) is 0 Å². The Bertz CT molecular complexity index is 441. The van der Waals surface area contributed by atoms with Crippen LogP contribution in [0.1, 0.15) is 50.0 Å². The minimum Gasteiger partial charge on any atom is -0.356 e. The van der Waals surface area contributed by atoms with Gasteiger partial charge in [0.2, 0.25) is 5.91 Å². The highest BCUT2D eigenvalue weighted by atomic mass is 16.1. The highest BCUT2D eigenvalue weighted by Crippen LogP contribution is 2.21. The summed E-state index contributed by atoms with van der Waals surface area (Å²) in [5.41, 5.74) is 1.90. The van der Waals surface area contributed by atoms with Crippen LogP contribution >= 0.6 is 0 Å². The molecule has 1 aromatic carbocycles. The monoisotopic (exact) mass is 261 g/mol. The third-order valence-electron chi connectivity index (χ3n) is 2.75. The van der Waals surface area contributed by atoms with E-state index in [2.05, 4.69) is 26.1 Å². The van der Waals surface area contributed by atoms with E-state index in [-0.39, 0.29) is 17.1 Å². The summed E-state index contributed by atoms with van der Waals surface area (Å²) < 4.78 is 0. The van der Waals surface area contributed by atoms with Crippen molar-refractivity contribution in [2.24, 2.45) is 5.41 Å². The lowest BCUT2D eigenvalue weighted by Crippen LogP contribution is -2.22. The van der Waals surface area contributed by atoms with Crippen LogP contribution in [0.3, 0.4) is 0 Å². The maximum Gasteiger partial charge on any atom is 0.216 e. The first-order valence-corrected chi connectivity index (χ1v) is 6.64. The number of amides is 1. The van der Waals surface area contributed by atoms with Crippen molar-refractivity contribution in [1.82, 2.24) is 5.32 Å². The van der Waals surface area contributed by atoms with Gasteiger partial charge in [-0.15, -0.1) is 0 Å². The van der Waals surface area contributed by atoms with E-state index >= 15 is 0 Å². The molecule has 0 atom stereocenters. The molecule has 0 heterocycles. The molecule has 1 N–H and O–H groups in total. The van der Waals surface area contributed by atoms with Gasteiger partial charge in [-0.05, 0) is 17.4 Å². The molecule has 0 fully saturated rings. The second-order valence-corrected chi connectivity index (χ2v) is 6.09. The molecule has 0 radical (unpaired) electrons. The SMILES string of the molecule is CC(=O)NCCc1ccc(C(=O)CC(C)(C)C)cc1. The number of rotatable bonds is 5. The Morgan fingerprint density at radius 2 is 1.68 bits per heavy atom. The van der Waals surface area contributed by atoms with Crippen molar-refractivity contribution in [1.29, 1.82) is 0 Å². The summed E-state index contributed by atoms with van der Waals surface area (Å²) in [5.74, 6) is 0.165. The van der Waals surface area contributed by atoms with Crippen LogP contribution in [-0.4, -0.2) is 18.2 Å². The van der Waals surface area contributed by atoms with Crippen molar-refractivity contribution >= 4 is 11.7 Å². The van der Waals surface area contributed by atoms with Gasteiger partial charge in [0.15, 0.2) is 5.78 Å². The standard InChI is InChI=1S/C16H23NO2/c1-12(18)17-10-9-13-5-7-14(8-6-13)15(19)11-16(2,3)4/h5-8H,9-11H2,1-4H3,(H,17,18). The number of nitrogens with one attached hydrogen (secondary N) is 1. The summed E-state index contributed by atoms with van der Waals surface area (Å²) in [6.07, 6.45) is 1.34. The predicted octanol–water partition coefficient (Wildman–Crippen LogP) is 2.98. The van der Waals surface area contributed by atoms with Crippen molar-refractivity contribution in [2.75, 3.05) is 6.54 Å². The molecule has 0 unspecified atom stereocenters. The van der Waals surface area contributed by atoms with Gasteiger partial charge in [-0.25, -0.2) is 0 Å². The Kier molecular flexibility index (Phi) is 5.28. The largest absolute Gasteiger partial charge is 0.356 e. The van der Waals surface area contributed by atoms with Gasteiger partial charge >= 0.3 is 0 Å². The third-order valence-corrected chi connectivity index (χ3v) is 2.75. The first kappa shape index (κ1) is 15.4. The van der Waals surface area contributed by atoms with Crippen LogP contribution in [0.15, 0.2) is 24.3 Å². The molecule has 0 spiro atoms. The van der Waals surface area contributed by atoms with E-state index in [1.54, 1.807) is 0 Å². The topological polar surface area (TPSA) is 46.2 Å². The number of hydrogen-bond donors (Lipinski definition) is 1. The molecule has 0 bridgehead atoms. The quantitative estimate of drug-likeness (QED) is 0.828. The van der Waals surface area contributed by atoms with Crippen LogP contribution in [0.5, 0.6) is 0 Å². The van der Waals surface area contributed by atoms with E-state index in [1.165, 1.54) is 6.92 Å². The molecule has 0 aliphatic carbocycles. The zero-order valence-corrected chi connectivity index (χ0v) is 12.2. The minimum absolute atomic E-state index is 0.0150. The summed E-state index contributed by atoms with van der Waals surface area (Å²) in [7, 11) is 0. The number of benzene rings is 1. The molecule has 0 saturated carbocycles. The van der Waals surface area contributed by atoms with E-state index in [9.17, 15) is 9.59 Å². The second-order valence-electron chi connectivity index (χ2n) is 6.09. The summed E-state index contributed by atoms with van der Waals surface area (Å²) >= 11 is 0. The van der Waals surface area contributed by atoms with E-state index in [1.807, 2.05) is 24.3 Å². The van der Waals surface area contributed by atoms with Crippen molar-refractivity contribution < 1.29 is 9.59 Å². The van der Waals surface area contributed by atoms with Gasteiger partial charge in [-0.2, -0.15) is 0 Å². The Morgan fingerprint density at radius 1 is 1.11 bits per heavy atom. The molecular weight excluding hydrogens is 238 g/mol. The Hall–Kier alpha value is -1.64. The minimum atomic E-state index is -0.0167. The molecule has 0 saturated heterocycles. The van der Waals surface area contributed by atoms with Crippen molar-refractivity contribution in [2.45, 2.75) is 40.5 Å². The van der Waals surface area contributed by atoms with Gasteiger partial charge in [0, 0.05) is 25.5 Å². The maximum absolute atomic E-state index is 12.0. The van der Waals surface area contributed by atoms with Gasteiger partial charge < -0.3 is 5.32 Å². The van der Waals surface area contributed by atoms with Gasteiger partial charge in [-0.3, -0.25) is 9.59 Å². The zero-order valence-electron chi connectivity index (χ0n) is 12.2. The normalized spacial score (nSPS) is 11.2. The fraction of sp³-hybridized carbons (Fsp3) is 0.500. The van der Waals surface area contributed by atoms with Gasteiger partial charge in [-0.1, -0.05) is 45.0 Å². The van der Waals surface area contributed by atoms with Crippen LogP contribution in [0.4, 0.5) is 0 Å². The number of carbonyl (C=O) groups is 2. The van der Waals surface area contributed by atoms with Crippen LogP contribution in [0.2, 0.25) is 0 Å². The molecule has 0 aliphatic heterocycles. The molecule has 3 nitrogen and oxygen atoms in total. The van der Waals surface area contributed by atoms with Crippen molar-refractivity contribution in [3.05, 3.63) is 35.4 Å². The first-order chi connectivity index (χ1) is 8.78. The average Bonchev–Trinajstić information content (AvgIpc) is 2.27. The van der Waals surface area contributed by atoms with Crippen molar-refractivity contribution in [3.63, 3.8) is 0 Å². The van der Waals surface area contributed by atoms with Gasteiger partial charge in [0.05, 0.1) is 0 Å². The number of ketones is 1. The number of hydrogen-bond acceptors (Lipinski definition) is 2. The summed E-state index contributed by atoms with van der Waals surface area (Å²) in [6, 6.07) is 7.66. The van der Waals surface area contributed by atoms with Gasteiger partial charge in [0.1, 0.15) is 0 Å². The highest BCUT2D eigenvalue weighted by molar-refractivity contribution is 5.96. The first-order valence-electron chi connectivity index (χ1n) is 6.64. The average molecular weight is 261 g/mol. The van der Waals surface area contributed by atoms with Crippen LogP contribution in [0, 0.1) is 5.41 Å². The molecule has 1 rings (SSSR count). The molecular formula is C16H23NO2. The fourth-order valence-corrected chi connectivity index (χ4v) is 1.82. The maximum atomic E-state index is 12.0. The lowest BCUT2D eigenvalue weighted by Gasteiger charge is -2.16. The predicted molar refractivity (Wildman–Crippen MR) is 77.2 cm³/mol. The Morgan fingerprint density at radius 3 is 2.16 bits per heavy atom. The smallest absolute Gasteiger partial charge is 0.216 e. The molecule has 3 heteroatoms. The van der Waals surface area contributed by atoms with Crippen molar-refractivity contribution in [3.8, 4) is 0 Å².